The summed E-state index contributed by atoms with van der Waals surface area (Å²) < 4.78 is 0. The Labute approximate surface area is 99.0 Å². The van der Waals surface area contributed by atoms with Crippen LogP contribution in [0.2, 0.25) is 0 Å². The van der Waals surface area contributed by atoms with Gasteiger partial charge in [-0.15, -0.1) is 0 Å². The third-order valence-electron chi connectivity index (χ3n) is 1.94. The van der Waals surface area contributed by atoms with Crippen LogP contribution in [0.1, 0.15) is 20.8 Å². The lowest BCUT2D eigenvalue weighted by atomic mass is 10.1. The normalized spacial score (nSPS) is 11.3. The van der Waals surface area contributed by atoms with Gasteiger partial charge >= 0.3 is 6.03 Å². The smallest absolute Gasteiger partial charge is 0.316 e. The fourth-order valence-corrected chi connectivity index (χ4v) is 1.07. The van der Waals surface area contributed by atoms with Crippen molar-refractivity contribution in [2.45, 2.75) is 26.3 Å². The van der Waals surface area contributed by atoms with Crippen LogP contribution in [0, 0.1) is 0 Å². The third-order valence-corrected chi connectivity index (χ3v) is 1.94. The molecule has 0 aliphatic heterocycles. The number of amides is 2. The molecule has 5 nitrogen and oxygen atoms in total. The van der Waals surface area contributed by atoms with E-state index in [1.807, 2.05) is 0 Å². The second-order valence-electron chi connectivity index (χ2n) is 5.05. The molecule has 0 atom stereocenters. The van der Waals surface area contributed by atoms with Crippen molar-refractivity contribution in [2.24, 2.45) is 0 Å². The number of carbonyl (C=O) groups excluding carboxylic acids is 1. The summed E-state index contributed by atoms with van der Waals surface area (Å²) in [5.41, 5.74) is 0.167. The zero-order valence-electron chi connectivity index (χ0n) is 11.2. The van der Waals surface area contributed by atoms with Crippen LogP contribution in [-0.4, -0.2) is 56.7 Å². The molecule has 96 valence electrons. The molecule has 0 heterocycles. The van der Waals surface area contributed by atoms with E-state index in [1.165, 1.54) is 4.90 Å². The van der Waals surface area contributed by atoms with E-state index in [9.17, 15) is 4.79 Å². The molecule has 0 aliphatic rings. The van der Waals surface area contributed by atoms with Crippen molar-refractivity contribution in [1.29, 1.82) is 0 Å². The van der Waals surface area contributed by atoms with Gasteiger partial charge in [-0.25, -0.2) is 4.79 Å². The summed E-state index contributed by atoms with van der Waals surface area (Å²) in [5.74, 6) is 0. The Balaban J connectivity index is 3.26. The van der Waals surface area contributed by atoms with Crippen molar-refractivity contribution in [2.75, 3.05) is 40.3 Å². The Morgan fingerprint density at radius 3 is 2.12 bits per heavy atom. The Bertz CT molecular complexity index is 199. The Kier molecular flexibility index (Phi) is 7.08. The maximum atomic E-state index is 11.1. The first kappa shape index (κ1) is 15.2. The Hall–Kier alpha value is -0.810. The minimum absolute atomic E-state index is 0.0467. The molecule has 0 aromatic carbocycles. The van der Waals surface area contributed by atoms with Gasteiger partial charge in [0.15, 0.2) is 0 Å². The highest BCUT2D eigenvalue weighted by atomic mass is 16.2. The molecule has 0 fully saturated rings. The van der Waals surface area contributed by atoms with Crippen LogP contribution in [-0.2, 0) is 0 Å². The molecule has 0 bridgehead atoms. The second-order valence-corrected chi connectivity index (χ2v) is 5.05. The molecular formula is C11H26N4O. The van der Waals surface area contributed by atoms with Gasteiger partial charge in [0.25, 0.3) is 0 Å². The molecule has 0 rings (SSSR count). The van der Waals surface area contributed by atoms with Crippen molar-refractivity contribution in [3.8, 4) is 0 Å². The molecule has 0 saturated carbocycles. The van der Waals surface area contributed by atoms with E-state index in [4.69, 9.17) is 0 Å². The van der Waals surface area contributed by atoms with E-state index >= 15 is 0 Å². The van der Waals surface area contributed by atoms with Crippen LogP contribution >= 0.6 is 0 Å². The summed E-state index contributed by atoms with van der Waals surface area (Å²) in [4.78, 5) is 12.7. The van der Waals surface area contributed by atoms with Crippen molar-refractivity contribution in [3.05, 3.63) is 0 Å². The van der Waals surface area contributed by atoms with Gasteiger partial charge in [-0.05, 0) is 20.8 Å². The lowest BCUT2D eigenvalue weighted by Gasteiger charge is -2.20. The molecule has 0 saturated heterocycles. The number of hydrogen-bond acceptors (Lipinski definition) is 3. The van der Waals surface area contributed by atoms with Gasteiger partial charge < -0.3 is 20.9 Å². The molecule has 5 heteroatoms. The minimum Gasteiger partial charge on any atom is -0.337 e. The molecule has 2 amide bonds. The Morgan fingerprint density at radius 1 is 1.06 bits per heavy atom. The Morgan fingerprint density at radius 2 is 1.62 bits per heavy atom. The first-order valence-corrected chi connectivity index (χ1v) is 5.74. The highest BCUT2D eigenvalue weighted by Gasteiger charge is 2.06. The van der Waals surface area contributed by atoms with Crippen molar-refractivity contribution < 1.29 is 4.79 Å². The molecular weight excluding hydrogens is 204 g/mol. The molecule has 0 aliphatic carbocycles. The topological polar surface area (TPSA) is 56.4 Å². The fourth-order valence-electron chi connectivity index (χ4n) is 1.07. The van der Waals surface area contributed by atoms with Crippen molar-refractivity contribution in [1.82, 2.24) is 20.9 Å². The van der Waals surface area contributed by atoms with E-state index < -0.39 is 0 Å². The number of hydrogen-bond donors (Lipinski definition) is 3. The van der Waals surface area contributed by atoms with Gasteiger partial charge in [-0.1, -0.05) is 0 Å². The zero-order valence-corrected chi connectivity index (χ0v) is 11.2. The lowest BCUT2D eigenvalue weighted by Crippen LogP contribution is -2.42. The van der Waals surface area contributed by atoms with Gasteiger partial charge in [-0.2, -0.15) is 0 Å². The molecule has 0 aromatic heterocycles. The molecule has 0 radical (unpaired) electrons. The number of carbonyl (C=O) groups is 1. The first-order chi connectivity index (χ1) is 7.33. The van der Waals surface area contributed by atoms with E-state index in [-0.39, 0.29) is 11.6 Å². The van der Waals surface area contributed by atoms with Crippen LogP contribution in [0.25, 0.3) is 0 Å². The van der Waals surface area contributed by atoms with Crippen LogP contribution < -0.4 is 16.0 Å². The van der Waals surface area contributed by atoms with Crippen LogP contribution in [0.5, 0.6) is 0 Å². The first-order valence-electron chi connectivity index (χ1n) is 5.74. The zero-order chi connectivity index (χ0) is 12.6. The number of nitrogens with zero attached hydrogens (tertiary/aromatic N) is 1. The van der Waals surface area contributed by atoms with Crippen molar-refractivity contribution >= 4 is 6.03 Å². The quantitative estimate of drug-likeness (QED) is 0.573. The number of urea groups is 1. The van der Waals surface area contributed by atoms with E-state index in [0.717, 1.165) is 19.6 Å². The summed E-state index contributed by atoms with van der Waals surface area (Å²) >= 11 is 0. The average molecular weight is 230 g/mol. The maximum Gasteiger partial charge on any atom is 0.316 e. The summed E-state index contributed by atoms with van der Waals surface area (Å²) in [6, 6.07) is -0.0467. The summed E-state index contributed by atoms with van der Waals surface area (Å²) in [5, 5.41) is 9.43. The lowest BCUT2D eigenvalue weighted by molar-refractivity contribution is 0.217. The number of nitrogens with one attached hydrogen (secondary N) is 3. The fraction of sp³-hybridized carbons (Fsp3) is 0.909. The van der Waals surface area contributed by atoms with Gasteiger partial charge in [0.2, 0.25) is 0 Å². The van der Waals surface area contributed by atoms with Crippen LogP contribution in [0.3, 0.4) is 0 Å². The maximum absolute atomic E-state index is 11.1. The predicted octanol–water partition coefficient (Wildman–Crippen LogP) is 0.235. The van der Waals surface area contributed by atoms with E-state index in [1.54, 1.807) is 14.1 Å². The molecule has 0 spiro atoms. The molecule has 16 heavy (non-hydrogen) atoms. The summed E-state index contributed by atoms with van der Waals surface area (Å²) in [6.45, 7) is 9.73. The standard InChI is InChI=1S/C11H26N4O/c1-11(2,3)14-9-7-12-6-8-13-10(16)15(4)5/h12,14H,6-9H2,1-5H3,(H,13,16). The summed E-state index contributed by atoms with van der Waals surface area (Å²) in [6.07, 6.45) is 0. The largest absolute Gasteiger partial charge is 0.337 e. The number of rotatable bonds is 6. The predicted molar refractivity (Wildman–Crippen MR) is 67.7 cm³/mol. The SMILES string of the molecule is CN(C)C(=O)NCCNCCNC(C)(C)C. The molecule has 0 aromatic rings. The monoisotopic (exact) mass is 230 g/mol. The summed E-state index contributed by atoms with van der Waals surface area (Å²) in [7, 11) is 3.46. The average Bonchev–Trinajstić information content (AvgIpc) is 2.14. The van der Waals surface area contributed by atoms with Crippen LogP contribution in [0.15, 0.2) is 0 Å². The third kappa shape index (κ3) is 9.73. The van der Waals surface area contributed by atoms with Gasteiger partial charge in [0.05, 0.1) is 0 Å². The molecule has 3 N–H and O–H groups in total. The minimum atomic E-state index is -0.0467. The highest BCUT2D eigenvalue weighted by Crippen LogP contribution is 1.96. The van der Waals surface area contributed by atoms with Crippen LogP contribution in [0.4, 0.5) is 4.79 Å². The molecule has 0 unspecified atom stereocenters. The van der Waals surface area contributed by atoms with Gasteiger partial charge in [-0.3, -0.25) is 0 Å². The van der Waals surface area contributed by atoms with Crippen molar-refractivity contribution in [3.63, 3.8) is 0 Å². The highest BCUT2D eigenvalue weighted by molar-refractivity contribution is 5.73. The van der Waals surface area contributed by atoms with Gasteiger partial charge in [0.1, 0.15) is 0 Å². The van der Waals surface area contributed by atoms with E-state index in [2.05, 4.69) is 36.7 Å². The van der Waals surface area contributed by atoms with E-state index in [0.29, 0.717) is 6.54 Å². The second kappa shape index (κ2) is 7.46. The van der Waals surface area contributed by atoms with Gasteiger partial charge in [0, 0.05) is 45.8 Å².